The quantitative estimate of drug-likeness (QED) is 0.0445. The van der Waals surface area contributed by atoms with E-state index in [-0.39, 0.29) is 30.0 Å². The number of anilines is 1. The van der Waals surface area contributed by atoms with Crippen molar-refractivity contribution in [3.8, 4) is 5.75 Å². The van der Waals surface area contributed by atoms with Gasteiger partial charge in [-0.1, -0.05) is 57.4 Å². The van der Waals surface area contributed by atoms with Gasteiger partial charge in [-0.25, -0.2) is 0 Å². The molecule has 62 heavy (non-hydrogen) atoms. The molecule has 12 heteroatoms. The Morgan fingerprint density at radius 1 is 0.839 bits per heavy atom. The second kappa shape index (κ2) is 26.9. The maximum Gasteiger partial charge on any atom is 0.303 e. The summed E-state index contributed by atoms with van der Waals surface area (Å²) in [7, 11) is 0. The Bertz CT molecular complexity index is 1770. The molecule has 3 aromatic rings. The number of aromatic nitrogens is 1. The minimum absolute atomic E-state index is 0.107. The van der Waals surface area contributed by atoms with E-state index in [4.69, 9.17) is 24.1 Å². The molecule has 2 aliphatic rings. The lowest BCUT2D eigenvalue weighted by Gasteiger charge is -2.43. The van der Waals surface area contributed by atoms with E-state index < -0.39 is 5.97 Å². The molecule has 340 valence electrons. The molecular formula is C50H73N5O7. The lowest BCUT2D eigenvalue weighted by molar-refractivity contribution is -0.137. The van der Waals surface area contributed by atoms with Crippen LogP contribution in [0.3, 0.4) is 0 Å². The number of carboxylic acids is 1. The number of amides is 1. The highest BCUT2D eigenvalue weighted by molar-refractivity contribution is 5.95. The molecule has 3 heterocycles. The molecule has 1 amide bonds. The zero-order valence-corrected chi connectivity index (χ0v) is 37.5. The van der Waals surface area contributed by atoms with E-state index in [2.05, 4.69) is 64.4 Å². The second-order valence-electron chi connectivity index (χ2n) is 16.9. The van der Waals surface area contributed by atoms with Gasteiger partial charge in [-0.15, -0.1) is 0 Å². The smallest absolute Gasteiger partial charge is 0.303 e. The van der Waals surface area contributed by atoms with Gasteiger partial charge in [-0.3, -0.25) is 14.6 Å². The summed E-state index contributed by atoms with van der Waals surface area (Å²) in [5.41, 5.74) is 4.82. The van der Waals surface area contributed by atoms with Gasteiger partial charge in [0.2, 0.25) is 0 Å². The lowest BCUT2D eigenvalue weighted by Crippen LogP contribution is -2.52. The number of pyridine rings is 1. The zero-order valence-electron chi connectivity index (χ0n) is 37.5. The van der Waals surface area contributed by atoms with Crippen molar-refractivity contribution in [1.29, 1.82) is 0 Å². The fourth-order valence-corrected chi connectivity index (χ4v) is 8.61. The third kappa shape index (κ3) is 16.0. The Morgan fingerprint density at radius 2 is 1.48 bits per heavy atom. The van der Waals surface area contributed by atoms with Gasteiger partial charge in [0.25, 0.3) is 5.91 Å². The largest absolute Gasteiger partial charge is 0.494 e. The summed E-state index contributed by atoms with van der Waals surface area (Å²) in [5, 5.41) is 23.4. The predicted octanol–water partition coefficient (Wildman–Crippen LogP) is 9.02. The first-order chi connectivity index (χ1) is 30.3. The Balaban J connectivity index is 0.992. The first-order valence-electron chi connectivity index (χ1n) is 23.2. The number of unbranched alkanes of at least 4 members (excludes halogenated alkanes) is 5. The predicted molar refractivity (Wildman–Crippen MR) is 246 cm³/mol. The number of carboxylic acid groups (broad SMARTS) is 1. The molecular weight excluding hydrogens is 783 g/mol. The van der Waals surface area contributed by atoms with Crippen LogP contribution in [0.1, 0.15) is 131 Å². The molecule has 1 saturated heterocycles. The van der Waals surface area contributed by atoms with Gasteiger partial charge in [-0.05, 0) is 137 Å². The minimum atomic E-state index is -0.743. The minimum Gasteiger partial charge on any atom is -0.494 e. The summed E-state index contributed by atoms with van der Waals surface area (Å²) in [6.07, 6.45) is 17.0. The Morgan fingerprint density at radius 3 is 2.15 bits per heavy atom. The molecule has 0 spiro atoms. The monoisotopic (exact) mass is 856 g/mol. The van der Waals surface area contributed by atoms with Crippen molar-refractivity contribution < 1.29 is 33.6 Å². The first-order valence-corrected chi connectivity index (χ1v) is 23.2. The molecule has 5 N–H and O–H groups in total. The van der Waals surface area contributed by atoms with Crippen LogP contribution in [0.2, 0.25) is 0 Å². The number of allylic oxidation sites excluding steroid dienone is 1. The average Bonchev–Trinajstić information content (AvgIpc) is 3.46. The SMILES string of the molecule is CCC1C(C)CC=C(C2(Nc3cccc(C(=O)N[C@@H](C)c4ccc(OCCCCCCOCCOCCOCCCCCC(=O)O)cc4)c3)CCNCC2)NC1c1ccncc1. The van der Waals surface area contributed by atoms with E-state index in [1.165, 1.54) is 11.3 Å². The highest BCUT2D eigenvalue weighted by Crippen LogP contribution is 2.40. The molecule has 5 rings (SSSR count). The molecule has 2 aromatic carbocycles. The van der Waals surface area contributed by atoms with E-state index in [9.17, 15) is 9.59 Å². The van der Waals surface area contributed by atoms with E-state index >= 15 is 0 Å². The summed E-state index contributed by atoms with van der Waals surface area (Å²) in [5.74, 6) is 1.00. The number of carbonyl (C=O) groups is 2. The van der Waals surface area contributed by atoms with Crippen LogP contribution < -0.4 is 26.0 Å². The number of carbonyl (C=O) groups excluding carboxylic acids is 1. The fraction of sp³-hybridized carbons (Fsp3) is 0.580. The van der Waals surface area contributed by atoms with Crippen molar-refractivity contribution >= 4 is 17.6 Å². The number of hydrogen-bond donors (Lipinski definition) is 5. The number of ether oxygens (including phenoxy) is 4. The molecule has 4 atom stereocenters. The van der Waals surface area contributed by atoms with Crippen molar-refractivity contribution in [2.45, 2.75) is 115 Å². The molecule has 0 saturated carbocycles. The van der Waals surface area contributed by atoms with Crippen molar-refractivity contribution in [2.75, 3.05) is 64.7 Å². The van der Waals surface area contributed by atoms with Gasteiger partial charge in [0, 0.05) is 49.0 Å². The van der Waals surface area contributed by atoms with E-state index in [1.54, 1.807) is 0 Å². The summed E-state index contributed by atoms with van der Waals surface area (Å²) < 4.78 is 22.8. The standard InChI is InChI=1S/C50H73N5O7/c1-4-45-38(2)16-21-46(54-48(45)41-22-26-51-27-23-41)50(24-28-52-29-25-50)55-43-14-12-13-42(37-43)49(58)53-39(3)40-17-19-44(20-18-40)62-32-11-6-5-9-30-59-33-35-61-36-34-60-31-10-7-8-15-47(56)57/h12-14,17-23,26-27,37-39,45,48,52,54-55H,4-11,15-16,24-25,28-36H2,1-3H3,(H,53,58)(H,56,57)/t38?,39-,45?,48?/m0/s1. The third-order valence-electron chi connectivity index (χ3n) is 12.3. The molecule has 0 radical (unpaired) electrons. The number of piperidine rings is 1. The molecule has 12 nitrogen and oxygen atoms in total. The van der Waals surface area contributed by atoms with E-state index in [0.717, 1.165) is 101 Å². The van der Waals surface area contributed by atoms with Gasteiger partial charge in [0.1, 0.15) is 5.75 Å². The first kappa shape index (κ1) is 48.5. The average molecular weight is 856 g/mol. The van der Waals surface area contributed by atoms with Gasteiger partial charge >= 0.3 is 5.97 Å². The molecule has 0 bridgehead atoms. The van der Waals surface area contributed by atoms with Gasteiger partial charge < -0.3 is 45.3 Å². The van der Waals surface area contributed by atoms with Crippen molar-refractivity contribution in [3.05, 3.63) is 102 Å². The molecule has 3 unspecified atom stereocenters. The van der Waals surface area contributed by atoms with Crippen molar-refractivity contribution in [3.63, 3.8) is 0 Å². The number of benzene rings is 2. The highest BCUT2D eigenvalue weighted by Gasteiger charge is 2.40. The lowest BCUT2D eigenvalue weighted by atomic mass is 9.81. The summed E-state index contributed by atoms with van der Waals surface area (Å²) in [6.45, 7) is 12.7. The molecule has 1 fully saturated rings. The maximum atomic E-state index is 13.6. The van der Waals surface area contributed by atoms with Crippen LogP contribution in [0.5, 0.6) is 5.75 Å². The van der Waals surface area contributed by atoms with Gasteiger partial charge in [0.15, 0.2) is 0 Å². The Kier molecular flexibility index (Phi) is 21.0. The zero-order chi connectivity index (χ0) is 43.8. The van der Waals surface area contributed by atoms with Crippen LogP contribution >= 0.6 is 0 Å². The van der Waals surface area contributed by atoms with Crippen LogP contribution in [0.25, 0.3) is 0 Å². The van der Waals surface area contributed by atoms with Crippen molar-refractivity contribution in [2.24, 2.45) is 11.8 Å². The number of hydrogen-bond acceptors (Lipinski definition) is 10. The summed E-state index contributed by atoms with van der Waals surface area (Å²) in [4.78, 5) is 28.4. The third-order valence-corrected chi connectivity index (χ3v) is 12.3. The Labute approximate surface area is 370 Å². The van der Waals surface area contributed by atoms with Gasteiger partial charge in [0.05, 0.1) is 50.7 Å². The number of nitrogens with one attached hydrogen (secondary N) is 4. The normalized spacial score (nSPS) is 19.1. The summed E-state index contributed by atoms with van der Waals surface area (Å²) >= 11 is 0. The summed E-state index contributed by atoms with van der Waals surface area (Å²) in [6, 6.07) is 20.2. The number of nitrogens with zero attached hydrogens (tertiary/aromatic N) is 1. The van der Waals surface area contributed by atoms with E-state index in [1.807, 2.05) is 61.8 Å². The second-order valence-corrected chi connectivity index (χ2v) is 16.9. The molecule has 1 aromatic heterocycles. The van der Waals surface area contributed by atoms with Crippen LogP contribution in [0.4, 0.5) is 5.69 Å². The van der Waals surface area contributed by atoms with E-state index in [0.29, 0.717) is 63.5 Å². The number of rotatable bonds is 28. The van der Waals surface area contributed by atoms with Crippen molar-refractivity contribution in [1.82, 2.24) is 20.9 Å². The highest BCUT2D eigenvalue weighted by atomic mass is 16.5. The number of aliphatic carboxylic acids is 1. The van der Waals surface area contributed by atoms with Crippen LogP contribution in [0.15, 0.2) is 84.8 Å². The topological polar surface area (TPSA) is 152 Å². The molecule has 0 aliphatic carbocycles. The van der Waals surface area contributed by atoms with Crippen LogP contribution in [-0.2, 0) is 19.0 Å². The fourth-order valence-electron chi connectivity index (χ4n) is 8.61. The van der Waals surface area contributed by atoms with Gasteiger partial charge in [-0.2, -0.15) is 0 Å². The van der Waals surface area contributed by atoms with Crippen LogP contribution in [0, 0.1) is 11.8 Å². The maximum absolute atomic E-state index is 13.6. The molecule has 2 aliphatic heterocycles. The Hall–Kier alpha value is -4.49. The van der Waals surface area contributed by atoms with Crippen LogP contribution in [-0.4, -0.2) is 86.8 Å².